The number of anilines is 2. The number of nitrogens with two attached hydrogens (primary N) is 1. The van der Waals surface area contributed by atoms with Crippen LogP contribution in [0.4, 0.5) is 16.2 Å². The molecular formula is C17H17N3O3. The molecule has 0 aromatic heterocycles. The Morgan fingerprint density at radius 3 is 2.43 bits per heavy atom. The topological polar surface area (TPSA) is 93.4 Å². The number of nitrogens with one attached hydrogen (secondary N) is 2. The Morgan fingerprint density at radius 1 is 1.04 bits per heavy atom. The van der Waals surface area contributed by atoms with Crippen LogP contribution in [0.2, 0.25) is 0 Å². The summed E-state index contributed by atoms with van der Waals surface area (Å²) in [6, 6.07) is 13.4. The monoisotopic (exact) mass is 311 g/mol. The van der Waals surface area contributed by atoms with Crippen molar-refractivity contribution in [1.82, 2.24) is 0 Å². The summed E-state index contributed by atoms with van der Waals surface area (Å²) in [5.74, 6) is 0.432. The largest absolute Gasteiger partial charge is 0.497 e. The number of primary amides is 1. The second-order valence-corrected chi connectivity index (χ2v) is 4.67. The summed E-state index contributed by atoms with van der Waals surface area (Å²) < 4.78 is 5.12. The van der Waals surface area contributed by atoms with Gasteiger partial charge in [0.25, 0.3) is 0 Å². The third-order valence-corrected chi connectivity index (χ3v) is 2.92. The average Bonchev–Trinajstić information content (AvgIpc) is 2.53. The molecule has 0 bridgehead atoms. The van der Waals surface area contributed by atoms with Gasteiger partial charge in [-0.3, -0.25) is 4.79 Å². The molecule has 0 saturated heterocycles. The van der Waals surface area contributed by atoms with Gasteiger partial charge in [0.2, 0.25) is 5.91 Å². The minimum atomic E-state index is -0.661. The number of benzene rings is 2. The van der Waals surface area contributed by atoms with Crippen LogP contribution < -0.4 is 21.1 Å². The first-order valence-corrected chi connectivity index (χ1v) is 6.86. The lowest BCUT2D eigenvalue weighted by molar-refractivity contribution is -0.111. The normalized spacial score (nSPS) is 10.3. The van der Waals surface area contributed by atoms with Crippen molar-refractivity contribution < 1.29 is 14.3 Å². The molecule has 0 atom stereocenters. The molecule has 0 unspecified atom stereocenters. The molecule has 0 fully saturated rings. The Kier molecular flexibility index (Phi) is 5.35. The molecule has 2 aromatic rings. The lowest BCUT2D eigenvalue weighted by Gasteiger charge is -2.06. The Balaban J connectivity index is 2.01. The van der Waals surface area contributed by atoms with E-state index in [0.29, 0.717) is 11.4 Å². The molecule has 2 rings (SSSR count). The van der Waals surface area contributed by atoms with E-state index in [0.717, 1.165) is 11.3 Å². The highest BCUT2D eigenvalue weighted by Gasteiger charge is 2.01. The molecule has 6 heteroatoms. The molecule has 0 heterocycles. The van der Waals surface area contributed by atoms with Crippen LogP contribution in [0.5, 0.6) is 5.75 Å². The fraction of sp³-hybridized carbons (Fsp3) is 0.0588. The van der Waals surface area contributed by atoms with Crippen molar-refractivity contribution in [2.45, 2.75) is 0 Å². The van der Waals surface area contributed by atoms with Crippen LogP contribution in [0.1, 0.15) is 5.56 Å². The fourth-order valence-electron chi connectivity index (χ4n) is 1.92. The van der Waals surface area contributed by atoms with E-state index in [2.05, 4.69) is 10.6 Å². The highest BCUT2D eigenvalue weighted by Crippen LogP contribution is 2.16. The Bertz CT molecular complexity index is 741. The van der Waals surface area contributed by atoms with E-state index in [4.69, 9.17) is 10.5 Å². The number of carbonyl (C=O) groups is 2. The number of carbonyl (C=O) groups excluding carboxylic acids is 2. The van der Waals surface area contributed by atoms with Crippen molar-refractivity contribution in [3.63, 3.8) is 0 Å². The first-order chi connectivity index (χ1) is 11.1. The van der Waals surface area contributed by atoms with Gasteiger partial charge in [0.15, 0.2) is 0 Å². The van der Waals surface area contributed by atoms with Gasteiger partial charge in [-0.25, -0.2) is 4.79 Å². The minimum absolute atomic E-state index is 0.288. The quantitative estimate of drug-likeness (QED) is 0.741. The van der Waals surface area contributed by atoms with E-state index < -0.39 is 6.03 Å². The summed E-state index contributed by atoms with van der Waals surface area (Å²) in [6.07, 6.45) is 3.10. The minimum Gasteiger partial charge on any atom is -0.497 e. The van der Waals surface area contributed by atoms with Gasteiger partial charge in [0.05, 0.1) is 7.11 Å². The zero-order valence-corrected chi connectivity index (χ0v) is 12.6. The number of methoxy groups -OCH3 is 1. The standard InChI is InChI=1S/C17H17N3O3/c1-23-15-7-2-4-12(10-15)8-9-16(21)19-13-5-3-6-14(11-13)20-17(18)22/h2-11H,1H3,(H,19,21)(H3,18,20,22)/b9-8+. The second-order valence-electron chi connectivity index (χ2n) is 4.67. The molecule has 3 amide bonds. The summed E-state index contributed by atoms with van der Waals surface area (Å²) in [7, 11) is 1.59. The van der Waals surface area contributed by atoms with Gasteiger partial charge >= 0.3 is 6.03 Å². The summed E-state index contributed by atoms with van der Waals surface area (Å²) in [5.41, 5.74) is 6.96. The third kappa shape index (κ3) is 5.20. The number of amides is 3. The molecule has 0 aliphatic heterocycles. The highest BCUT2D eigenvalue weighted by atomic mass is 16.5. The summed E-state index contributed by atoms with van der Waals surface area (Å²) in [6.45, 7) is 0. The zero-order chi connectivity index (χ0) is 16.7. The molecule has 0 aliphatic carbocycles. The Hall–Kier alpha value is -3.28. The predicted octanol–water partition coefficient (Wildman–Crippen LogP) is 2.84. The van der Waals surface area contributed by atoms with E-state index in [1.54, 1.807) is 37.5 Å². The number of ether oxygens (including phenoxy) is 1. The van der Waals surface area contributed by atoms with Gasteiger partial charge < -0.3 is 21.1 Å². The zero-order valence-electron chi connectivity index (χ0n) is 12.6. The molecule has 0 saturated carbocycles. The molecular weight excluding hydrogens is 294 g/mol. The van der Waals surface area contributed by atoms with Gasteiger partial charge in [0, 0.05) is 17.5 Å². The molecule has 0 aliphatic rings. The third-order valence-electron chi connectivity index (χ3n) is 2.92. The summed E-state index contributed by atoms with van der Waals surface area (Å²) in [5, 5.41) is 5.15. The molecule has 0 spiro atoms. The van der Waals surface area contributed by atoms with E-state index >= 15 is 0 Å². The van der Waals surface area contributed by atoms with Crippen molar-refractivity contribution >= 4 is 29.4 Å². The second kappa shape index (κ2) is 7.65. The maximum atomic E-state index is 11.9. The predicted molar refractivity (Wildman–Crippen MR) is 90.3 cm³/mol. The van der Waals surface area contributed by atoms with Crippen LogP contribution >= 0.6 is 0 Å². The van der Waals surface area contributed by atoms with E-state index in [9.17, 15) is 9.59 Å². The highest BCUT2D eigenvalue weighted by molar-refractivity contribution is 6.02. The maximum Gasteiger partial charge on any atom is 0.316 e. The number of rotatable bonds is 5. The van der Waals surface area contributed by atoms with Crippen LogP contribution in [0.15, 0.2) is 54.6 Å². The lowest BCUT2D eigenvalue weighted by atomic mass is 10.2. The molecule has 4 N–H and O–H groups in total. The van der Waals surface area contributed by atoms with Gasteiger partial charge in [-0.1, -0.05) is 18.2 Å². The van der Waals surface area contributed by atoms with E-state index in [-0.39, 0.29) is 5.91 Å². The van der Waals surface area contributed by atoms with Crippen molar-refractivity contribution in [3.8, 4) is 5.75 Å². The van der Waals surface area contributed by atoms with Crippen LogP contribution in [-0.4, -0.2) is 19.0 Å². The van der Waals surface area contributed by atoms with Crippen molar-refractivity contribution in [3.05, 3.63) is 60.2 Å². The van der Waals surface area contributed by atoms with Crippen LogP contribution in [0.3, 0.4) is 0 Å². The van der Waals surface area contributed by atoms with E-state index in [1.807, 2.05) is 24.3 Å². The van der Waals surface area contributed by atoms with Gasteiger partial charge in [-0.05, 0) is 42.0 Å². The van der Waals surface area contributed by atoms with Gasteiger partial charge in [-0.2, -0.15) is 0 Å². The van der Waals surface area contributed by atoms with Crippen LogP contribution in [-0.2, 0) is 4.79 Å². The molecule has 0 radical (unpaired) electrons. The smallest absolute Gasteiger partial charge is 0.316 e. The molecule has 2 aromatic carbocycles. The number of hydrogen-bond acceptors (Lipinski definition) is 3. The first kappa shape index (κ1) is 16.1. The van der Waals surface area contributed by atoms with Crippen molar-refractivity contribution in [1.29, 1.82) is 0 Å². The first-order valence-electron chi connectivity index (χ1n) is 6.86. The maximum absolute atomic E-state index is 11.9. The Morgan fingerprint density at radius 2 is 1.74 bits per heavy atom. The van der Waals surface area contributed by atoms with Crippen molar-refractivity contribution in [2.75, 3.05) is 17.7 Å². The van der Waals surface area contributed by atoms with Crippen molar-refractivity contribution in [2.24, 2.45) is 5.73 Å². The summed E-state index contributed by atoms with van der Waals surface area (Å²) >= 11 is 0. The van der Waals surface area contributed by atoms with E-state index in [1.165, 1.54) is 6.08 Å². The van der Waals surface area contributed by atoms with Crippen LogP contribution in [0.25, 0.3) is 6.08 Å². The Labute approximate surface area is 133 Å². The van der Waals surface area contributed by atoms with Gasteiger partial charge in [-0.15, -0.1) is 0 Å². The number of urea groups is 1. The van der Waals surface area contributed by atoms with Crippen LogP contribution in [0, 0.1) is 0 Å². The average molecular weight is 311 g/mol. The summed E-state index contributed by atoms with van der Waals surface area (Å²) in [4.78, 5) is 22.7. The van der Waals surface area contributed by atoms with Gasteiger partial charge in [0.1, 0.15) is 5.75 Å². The molecule has 23 heavy (non-hydrogen) atoms. The number of hydrogen-bond donors (Lipinski definition) is 3. The molecule has 118 valence electrons. The SMILES string of the molecule is COc1cccc(/C=C/C(=O)Nc2cccc(NC(N)=O)c2)c1. The fourth-order valence-corrected chi connectivity index (χ4v) is 1.92. The lowest BCUT2D eigenvalue weighted by Crippen LogP contribution is -2.19. The molecule has 6 nitrogen and oxygen atoms in total.